The molecule has 0 amide bonds. The van der Waals surface area contributed by atoms with E-state index in [1.807, 2.05) is 0 Å². The molecule has 2 aromatic rings. The van der Waals surface area contributed by atoms with Crippen LogP contribution in [0.3, 0.4) is 0 Å². The fourth-order valence-electron chi connectivity index (χ4n) is 1.79. The summed E-state index contributed by atoms with van der Waals surface area (Å²) in [6, 6.07) is 4.89. The van der Waals surface area contributed by atoms with Gasteiger partial charge in [0.15, 0.2) is 5.16 Å². The Morgan fingerprint density at radius 3 is 2.40 bits per heavy atom. The van der Waals surface area contributed by atoms with E-state index in [1.165, 1.54) is 12.1 Å². The lowest BCUT2D eigenvalue weighted by Crippen LogP contribution is -2.15. The van der Waals surface area contributed by atoms with Gasteiger partial charge in [-0.3, -0.25) is 0 Å². The molecule has 6 heteroatoms. The average Bonchev–Trinajstić information content (AvgIpc) is 3.26. The minimum absolute atomic E-state index is 0.0635. The van der Waals surface area contributed by atoms with Gasteiger partial charge in [0.2, 0.25) is 0 Å². The number of benzene rings is 1. The highest BCUT2D eigenvalue weighted by atomic mass is 32.2. The molecule has 1 aliphatic carbocycles. The van der Waals surface area contributed by atoms with E-state index < -0.39 is 11.6 Å². The molecule has 20 heavy (non-hydrogen) atoms. The molecule has 0 unspecified atom stereocenters. The molecule has 1 N–H and O–H groups in total. The van der Waals surface area contributed by atoms with Crippen LogP contribution in [0.4, 0.5) is 8.78 Å². The van der Waals surface area contributed by atoms with Crippen LogP contribution in [-0.2, 0) is 6.54 Å². The van der Waals surface area contributed by atoms with E-state index >= 15 is 0 Å². The van der Waals surface area contributed by atoms with Gasteiger partial charge in [0.05, 0.1) is 4.90 Å². The summed E-state index contributed by atoms with van der Waals surface area (Å²) in [5.41, 5.74) is 0.616. The molecule has 3 rings (SSSR count). The van der Waals surface area contributed by atoms with Crippen molar-refractivity contribution >= 4 is 11.8 Å². The van der Waals surface area contributed by atoms with Gasteiger partial charge in [-0.25, -0.2) is 18.7 Å². The fourth-order valence-corrected chi connectivity index (χ4v) is 2.51. The molecular weight excluding hydrogens is 280 g/mol. The summed E-state index contributed by atoms with van der Waals surface area (Å²) in [7, 11) is 0. The van der Waals surface area contributed by atoms with Crippen molar-refractivity contribution in [3.05, 3.63) is 47.8 Å². The Labute approximate surface area is 119 Å². The van der Waals surface area contributed by atoms with E-state index in [-0.39, 0.29) is 4.90 Å². The summed E-state index contributed by atoms with van der Waals surface area (Å²) in [6.45, 7) is 0.491. The number of nitrogens with zero attached hydrogens (tertiary/aromatic N) is 2. The predicted octanol–water partition coefficient (Wildman–Crippen LogP) is 3.16. The van der Waals surface area contributed by atoms with Crippen LogP contribution in [0, 0.1) is 11.6 Å². The number of halogens is 2. The first-order valence-corrected chi connectivity index (χ1v) is 7.20. The third-order valence-corrected chi connectivity index (χ3v) is 3.95. The third-order valence-electron chi connectivity index (χ3n) is 2.97. The highest BCUT2D eigenvalue weighted by molar-refractivity contribution is 7.99. The zero-order chi connectivity index (χ0) is 13.9. The van der Waals surface area contributed by atoms with Crippen LogP contribution in [-0.4, -0.2) is 16.0 Å². The van der Waals surface area contributed by atoms with Gasteiger partial charge in [-0.05, 0) is 48.4 Å². The van der Waals surface area contributed by atoms with Crippen LogP contribution in [0.15, 0.2) is 40.6 Å². The molecule has 0 aliphatic heterocycles. The van der Waals surface area contributed by atoms with E-state index in [4.69, 9.17) is 0 Å². The Hall–Kier alpha value is -1.53. The van der Waals surface area contributed by atoms with Crippen molar-refractivity contribution in [2.24, 2.45) is 0 Å². The molecule has 0 radical (unpaired) electrons. The second-order valence-electron chi connectivity index (χ2n) is 4.68. The van der Waals surface area contributed by atoms with Gasteiger partial charge in [0, 0.05) is 25.0 Å². The number of rotatable bonds is 5. The Morgan fingerprint density at radius 2 is 1.80 bits per heavy atom. The lowest BCUT2D eigenvalue weighted by atomic mass is 10.2. The lowest BCUT2D eigenvalue weighted by molar-refractivity contribution is 0.533. The summed E-state index contributed by atoms with van der Waals surface area (Å²) < 4.78 is 28.0. The Morgan fingerprint density at radius 1 is 1.15 bits per heavy atom. The van der Waals surface area contributed by atoms with Crippen LogP contribution in [0.1, 0.15) is 18.4 Å². The lowest BCUT2D eigenvalue weighted by Gasteiger charge is -2.08. The van der Waals surface area contributed by atoms with Crippen molar-refractivity contribution in [3.8, 4) is 0 Å². The first-order valence-electron chi connectivity index (χ1n) is 6.38. The second-order valence-corrected chi connectivity index (χ2v) is 5.65. The standard InChI is InChI=1S/C14H13F2N3S/c15-11-6-9(8-19-10-2-3-10)7-12(16)13(11)20-14-17-4-1-5-18-14/h1,4-7,10,19H,2-3,8H2. The minimum Gasteiger partial charge on any atom is -0.310 e. The SMILES string of the molecule is Fc1cc(CNC2CC2)cc(F)c1Sc1ncccn1. The number of aromatic nitrogens is 2. The molecule has 0 atom stereocenters. The largest absolute Gasteiger partial charge is 0.310 e. The van der Waals surface area contributed by atoms with Gasteiger partial charge in [0.25, 0.3) is 0 Å². The molecule has 1 aromatic heterocycles. The van der Waals surface area contributed by atoms with Crippen molar-refractivity contribution < 1.29 is 8.78 Å². The van der Waals surface area contributed by atoms with Crippen LogP contribution in [0.2, 0.25) is 0 Å². The van der Waals surface area contributed by atoms with Gasteiger partial charge in [0.1, 0.15) is 11.6 Å². The van der Waals surface area contributed by atoms with Crippen LogP contribution in [0.5, 0.6) is 0 Å². The third kappa shape index (κ3) is 3.32. The topological polar surface area (TPSA) is 37.8 Å². The maximum absolute atomic E-state index is 14.0. The molecule has 1 saturated carbocycles. The number of nitrogens with one attached hydrogen (secondary N) is 1. The Bertz CT molecular complexity index is 580. The maximum Gasteiger partial charge on any atom is 0.192 e. The van der Waals surface area contributed by atoms with Crippen molar-refractivity contribution in [2.45, 2.75) is 35.5 Å². The van der Waals surface area contributed by atoms with E-state index in [0.717, 1.165) is 24.6 Å². The van der Waals surface area contributed by atoms with Crippen molar-refractivity contribution in [1.29, 1.82) is 0 Å². The molecule has 104 valence electrons. The number of hydrogen-bond acceptors (Lipinski definition) is 4. The summed E-state index contributed by atoms with van der Waals surface area (Å²) >= 11 is 0.894. The van der Waals surface area contributed by atoms with Crippen LogP contribution < -0.4 is 5.32 Å². The highest BCUT2D eigenvalue weighted by Gasteiger charge is 2.21. The smallest absolute Gasteiger partial charge is 0.192 e. The van der Waals surface area contributed by atoms with E-state index in [0.29, 0.717) is 23.3 Å². The van der Waals surface area contributed by atoms with Gasteiger partial charge in [-0.2, -0.15) is 0 Å². The highest BCUT2D eigenvalue weighted by Crippen LogP contribution is 2.30. The van der Waals surface area contributed by atoms with Gasteiger partial charge in [-0.15, -0.1) is 0 Å². The maximum atomic E-state index is 14.0. The van der Waals surface area contributed by atoms with Crippen LogP contribution >= 0.6 is 11.8 Å². The van der Waals surface area contributed by atoms with Crippen molar-refractivity contribution in [3.63, 3.8) is 0 Å². The first kappa shape index (κ1) is 13.5. The molecular formula is C14H13F2N3S. The Balaban J connectivity index is 1.77. The number of hydrogen-bond donors (Lipinski definition) is 1. The summed E-state index contributed by atoms with van der Waals surface area (Å²) in [6.07, 6.45) is 5.37. The monoisotopic (exact) mass is 293 g/mol. The zero-order valence-electron chi connectivity index (χ0n) is 10.6. The van der Waals surface area contributed by atoms with Crippen molar-refractivity contribution in [1.82, 2.24) is 15.3 Å². The molecule has 3 nitrogen and oxygen atoms in total. The molecule has 1 aromatic carbocycles. The molecule has 0 bridgehead atoms. The fraction of sp³-hybridized carbons (Fsp3) is 0.286. The summed E-state index contributed by atoms with van der Waals surface area (Å²) in [5.74, 6) is -1.15. The minimum atomic E-state index is -0.574. The first-order chi connectivity index (χ1) is 9.72. The molecule has 0 saturated heterocycles. The second kappa shape index (κ2) is 5.85. The van der Waals surface area contributed by atoms with E-state index in [1.54, 1.807) is 18.5 Å². The zero-order valence-corrected chi connectivity index (χ0v) is 11.5. The average molecular weight is 293 g/mol. The molecule has 1 aliphatic rings. The van der Waals surface area contributed by atoms with E-state index in [2.05, 4.69) is 15.3 Å². The van der Waals surface area contributed by atoms with Gasteiger partial charge >= 0.3 is 0 Å². The van der Waals surface area contributed by atoms with Crippen molar-refractivity contribution in [2.75, 3.05) is 0 Å². The molecule has 0 spiro atoms. The molecule has 1 heterocycles. The Kier molecular flexibility index (Phi) is 3.93. The summed E-state index contributed by atoms with van der Waals surface area (Å²) in [4.78, 5) is 7.84. The predicted molar refractivity (Wildman–Crippen MR) is 72.4 cm³/mol. The summed E-state index contributed by atoms with van der Waals surface area (Å²) in [5, 5.41) is 3.56. The quantitative estimate of drug-likeness (QED) is 0.859. The van der Waals surface area contributed by atoms with Gasteiger partial charge < -0.3 is 5.32 Å². The molecule has 1 fully saturated rings. The van der Waals surface area contributed by atoms with Gasteiger partial charge in [-0.1, -0.05) is 0 Å². The van der Waals surface area contributed by atoms with Crippen LogP contribution in [0.25, 0.3) is 0 Å². The normalized spacial score (nSPS) is 14.5. The van der Waals surface area contributed by atoms with E-state index in [9.17, 15) is 8.78 Å².